The van der Waals surface area contributed by atoms with Crippen molar-refractivity contribution in [2.45, 2.75) is 26.2 Å². The Morgan fingerprint density at radius 3 is 2.92 bits per heavy atom. The van der Waals surface area contributed by atoms with Crippen molar-refractivity contribution in [1.82, 2.24) is 5.32 Å². The maximum absolute atomic E-state index is 10.7. The van der Waals surface area contributed by atoms with E-state index >= 15 is 0 Å². The Balaban J connectivity index is 3.15. The predicted octanol–water partition coefficient (Wildman–Crippen LogP) is 1.54. The van der Waals surface area contributed by atoms with E-state index in [1.54, 1.807) is 0 Å². The molecule has 3 nitrogen and oxygen atoms in total. The van der Waals surface area contributed by atoms with Crippen LogP contribution in [0, 0.1) is 12.3 Å². The predicted molar refractivity (Wildman–Crippen MR) is 47.7 cm³/mol. The molecule has 0 heterocycles. The second-order valence-corrected chi connectivity index (χ2v) is 2.40. The van der Waals surface area contributed by atoms with Crippen LogP contribution in [0.15, 0.2) is 0 Å². The Labute approximate surface area is 73.5 Å². The monoisotopic (exact) mass is 169 g/mol. The molecule has 0 bridgehead atoms. The Bertz CT molecular complexity index is 160. The van der Waals surface area contributed by atoms with Gasteiger partial charge in [0.2, 0.25) is 0 Å². The second-order valence-electron chi connectivity index (χ2n) is 2.40. The Kier molecular flexibility index (Phi) is 7.16. The molecule has 0 aliphatic carbocycles. The van der Waals surface area contributed by atoms with Crippen LogP contribution < -0.4 is 5.32 Å². The number of alkyl carbamates (subject to hydrolysis) is 1. The van der Waals surface area contributed by atoms with Gasteiger partial charge in [-0.25, -0.2) is 4.79 Å². The highest BCUT2D eigenvalue weighted by molar-refractivity contribution is 5.67. The minimum atomic E-state index is -0.427. The number of carbonyl (C=O) groups excluding carboxylic acids is 1. The highest BCUT2D eigenvalue weighted by Gasteiger charge is 1.97. The Morgan fingerprint density at radius 2 is 2.33 bits per heavy atom. The van der Waals surface area contributed by atoms with Crippen LogP contribution in [0.4, 0.5) is 4.79 Å². The van der Waals surface area contributed by atoms with Gasteiger partial charge in [-0.05, 0) is 6.42 Å². The molecule has 1 N–H and O–H groups in total. The molecule has 0 saturated carbocycles. The van der Waals surface area contributed by atoms with Gasteiger partial charge >= 0.3 is 6.09 Å². The van der Waals surface area contributed by atoms with E-state index in [1.807, 2.05) is 0 Å². The van der Waals surface area contributed by atoms with E-state index in [0.29, 0.717) is 6.61 Å². The van der Waals surface area contributed by atoms with Crippen LogP contribution in [0.25, 0.3) is 0 Å². The fraction of sp³-hybridized carbons (Fsp3) is 0.667. The van der Waals surface area contributed by atoms with Crippen molar-refractivity contribution in [1.29, 1.82) is 0 Å². The Hall–Kier alpha value is -1.17. The molecule has 0 spiro atoms. The van der Waals surface area contributed by atoms with Crippen LogP contribution in [-0.4, -0.2) is 19.2 Å². The first kappa shape index (κ1) is 10.8. The van der Waals surface area contributed by atoms with E-state index in [1.165, 1.54) is 0 Å². The first-order valence-corrected chi connectivity index (χ1v) is 4.15. The van der Waals surface area contributed by atoms with Gasteiger partial charge in [0.05, 0.1) is 13.2 Å². The zero-order valence-electron chi connectivity index (χ0n) is 7.43. The molecule has 0 atom stereocenters. The lowest BCUT2D eigenvalue weighted by Crippen LogP contribution is -2.24. The van der Waals surface area contributed by atoms with E-state index < -0.39 is 6.09 Å². The molecule has 1 amide bonds. The molecule has 0 fully saturated rings. The van der Waals surface area contributed by atoms with Gasteiger partial charge < -0.3 is 10.1 Å². The van der Waals surface area contributed by atoms with Crippen LogP contribution in [0.3, 0.4) is 0 Å². The number of amides is 1. The summed E-state index contributed by atoms with van der Waals surface area (Å²) in [5, 5.41) is 2.41. The molecule has 0 aromatic heterocycles. The molecule has 0 unspecified atom stereocenters. The molecule has 0 aromatic rings. The van der Waals surface area contributed by atoms with Crippen molar-refractivity contribution in [2.75, 3.05) is 13.2 Å². The molecule has 0 radical (unpaired) electrons. The zero-order valence-corrected chi connectivity index (χ0v) is 7.43. The van der Waals surface area contributed by atoms with Crippen molar-refractivity contribution in [3.63, 3.8) is 0 Å². The van der Waals surface area contributed by atoms with Crippen LogP contribution in [-0.2, 0) is 4.74 Å². The largest absolute Gasteiger partial charge is 0.450 e. The third-order valence-electron chi connectivity index (χ3n) is 1.32. The molecular weight excluding hydrogens is 154 g/mol. The van der Waals surface area contributed by atoms with Gasteiger partial charge in [-0.1, -0.05) is 25.7 Å². The lowest BCUT2D eigenvalue weighted by atomic mass is 10.3. The molecule has 0 aromatic carbocycles. The number of nitrogens with one attached hydrogen (secondary N) is 1. The van der Waals surface area contributed by atoms with E-state index in [2.05, 4.69) is 18.2 Å². The summed E-state index contributed by atoms with van der Waals surface area (Å²) in [4.78, 5) is 10.7. The third-order valence-corrected chi connectivity index (χ3v) is 1.32. The van der Waals surface area contributed by atoms with Crippen molar-refractivity contribution in [3.05, 3.63) is 0 Å². The van der Waals surface area contributed by atoms with Gasteiger partial charge in [0.25, 0.3) is 0 Å². The van der Waals surface area contributed by atoms with Gasteiger partial charge in [-0.3, -0.25) is 0 Å². The van der Waals surface area contributed by atoms with Crippen molar-refractivity contribution < 1.29 is 9.53 Å². The minimum absolute atomic E-state index is 0.229. The quantitative estimate of drug-likeness (QED) is 0.500. The lowest BCUT2D eigenvalue weighted by molar-refractivity contribution is 0.145. The van der Waals surface area contributed by atoms with Crippen LogP contribution in [0.2, 0.25) is 0 Å². The fourth-order valence-corrected chi connectivity index (χ4v) is 0.691. The first-order chi connectivity index (χ1) is 5.81. The van der Waals surface area contributed by atoms with Crippen LogP contribution in [0.5, 0.6) is 0 Å². The van der Waals surface area contributed by atoms with Gasteiger partial charge in [0.15, 0.2) is 0 Å². The second kappa shape index (κ2) is 7.93. The van der Waals surface area contributed by atoms with Gasteiger partial charge in [-0.15, -0.1) is 6.42 Å². The highest BCUT2D eigenvalue weighted by Crippen LogP contribution is 1.93. The standard InChI is InChI=1S/C9H15NO2/c1-3-5-6-8-12-9(11)10-7-4-2/h2H,3,5-8H2,1H3,(H,10,11). The maximum Gasteiger partial charge on any atom is 0.407 e. The summed E-state index contributed by atoms with van der Waals surface area (Å²) < 4.78 is 4.80. The van der Waals surface area contributed by atoms with Crippen molar-refractivity contribution >= 4 is 6.09 Å². The molecule has 0 saturated heterocycles. The summed E-state index contributed by atoms with van der Waals surface area (Å²) in [6.45, 7) is 2.80. The smallest absolute Gasteiger partial charge is 0.407 e. The number of rotatable bonds is 5. The zero-order chi connectivity index (χ0) is 9.23. The molecule has 3 heteroatoms. The number of unbranched alkanes of at least 4 members (excludes halogenated alkanes) is 2. The number of ether oxygens (including phenoxy) is 1. The number of carbonyl (C=O) groups is 1. The summed E-state index contributed by atoms with van der Waals surface area (Å²) in [6.07, 6.45) is 7.63. The lowest BCUT2D eigenvalue weighted by Gasteiger charge is -2.03. The summed E-state index contributed by atoms with van der Waals surface area (Å²) in [5.41, 5.74) is 0. The molecular formula is C9H15NO2. The summed E-state index contributed by atoms with van der Waals surface area (Å²) in [6, 6.07) is 0. The van der Waals surface area contributed by atoms with Gasteiger partial charge in [0, 0.05) is 0 Å². The summed E-state index contributed by atoms with van der Waals surface area (Å²) >= 11 is 0. The van der Waals surface area contributed by atoms with E-state index in [9.17, 15) is 4.79 Å². The summed E-state index contributed by atoms with van der Waals surface area (Å²) in [5.74, 6) is 2.29. The van der Waals surface area contributed by atoms with Gasteiger partial charge in [-0.2, -0.15) is 0 Å². The first-order valence-electron chi connectivity index (χ1n) is 4.15. The summed E-state index contributed by atoms with van der Waals surface area (Å²) in [7, 11) is 0. The number of terminal acetylenes is 1. The SMILES string of the molecule is C#CCNC(=O)OCCCCC. The normalized spacial score (nSPS) is 8.67. The Morgan fingerprint density at radius 1 is 1.58 bits per heavy atom. The average Bonchev–Trinajstić information content (AvgIpc) is 2.09. The topological polar surface area (TPSA) is 38.3 Å². The van der Waals surface area contributed by atoms with Gasteiger partial charge in [0.1, 0.15) is 0 Å². The third kappa shape index (κ3) is 6.94. The van der Waals surface area contributed by atoms with Crippen molar-refractivity contribution in [3.8, 4) is 12.3 Å². The maximum atomic E-state index is 10.7. The van der Waals surface area contributed by atoms with E-state index in [-0.39, 0.29) is 6.54 Å². The van der Waals surface area contributed by atoms with Crippen LogP contribution in [0.1, 0.15) is 26.2 Å². The molecule has 0 aliphatic heterocycles. The molecule has 68 valence electrons. The molecule has 0 rings (SSSR count). The number of hydrogen-bond donors (Lipinski definition) is 1. The highest BCUT2D eigenvalue weighted by atomic mass is 16.5. The minimum Gasteiger partial charge on any atom is -0.450 e. The van der Waals surface area contributed by atoms with E-state index in [0.717, 1.165) is 19.3 Å². The van der Waals surface area contributed by atoms with Crippen molar-refractivity contribution in [2.24, 2.45) is 0 Å². The fourth-order valence-electron chi connectivity index (χ4n) is 0.691. The van der Waals surface area contributed by atoms with E-state index in [4.69, 9.17) is 11.2 Å². The van der Waals surface area contributed by atoms with Crippen LogP contribution >= 0.6 is 0 Å². The average molecular weight is 169 g/mol. The molecule has 0 aliphatic rings. The molecule has 12 heavy (non-hydrogen) atoms. The number of hydrogen-bond acceptors (Lipinski definition) is 2.